The van der Waals surface area contributed by atoms with Gasteiger partial charge in [0, 0.05) is 25.5 Å². The smallest absolute Gasteiger partial charge is 0.338 e. The van der Waals surface area contributed by atoms with Gasteiger partial charge in [-0.1, -0.05) is 11.6 Å². The third-order valence-corrected chi connectivity index (χ3v) is 3.58. The van der Waals surface area contributed by atoms with Gasteiger partial charge in [-0.15, -0.1) is 0 Å². The molecule has 126 valence electrons. The van der Waals surface area contributed by atoms with Gasteiger partial charge in [0.05, 0.1) is 16.3 Å². The molecule has 3 N–H and O–H groups in total. The molecule has 0 aliphatic carbocycles. The fraction of sp³-hybridized carbons (Fsp3) is 0.176. The van der Waals surface area contributed by atoms with E-state index in [0.717, 1.165) is 5.69 Å². The Morgan fingerprint density at radius 2 is 1.83 bits per heavy atom. The molecule has 0 saturated heterocycles. The van der Waals surface area contributed by atoms with Crippen LogP contribution in [0, 0.1) is 0 Å². The Balaban J connectivity index is 1.88. The van der Waals surface area contributed by atoms with Crippen molar-refractivity contribution in [3.05, 3.63) is 53.1 Å². The first-order chi connectivity index (χ1) is 11.4. The number of nitrogens with two attached hydrogens (primary N) is 1. The molecule has 0 spiro atoms. The summed E-state index contributed by atoms with van der Waals surface area (Å²) in [6.45, 7) is -0.392. The number of nitrogen functional groups attached to an aromatic ring is 1. The number of nitrogens with one attached hydrogen (secondary N) is 1. The standard InChI is InChI=1S/C17H18ClN3O3/c1-21(2)13-6-4-12(5-7-13)20-16(22)10-24-17(23)11-3-8-14(18)15(19)9-11/h3-9H,10,19H2,1-2H3,(H,20,22). The fourth-order valence-corrected chi connectivity index (χ4v) is 2.04. The highest BCUT2D eigenvalue weighted by atomic mass is 35.5. The zero-order chi connectivity index (χ0) is 17.7. The van der Waals surface area contributed by atoms with Crippen molar-refractivity contribution in [3.63, 3.8) is 0 Å². The summed E-state index contributed by atoms with van der Waals surface area (Å²) in [5.41, 5.74) is 7.77. The second-order valence-corrected chi connectivity index (χ2v) is 5.71. The number of esters is 1. The van der Waals surface area contributed by atoms with E-state index in [9.17, 15) is 9.59 Å². The van der Waals surface area contributed by atoms with Crippen molar-refractivity contribution in [1.82, 2.24) is 0 Å². The van der Waals surface area contributed by atoms with E-state index in [1.54, 1.807) is 12.1 Å². The third-order valence-electron chi connectivity index (χ3n) is 3.23. The second-order valence-electron chi connectivity index (χ2n) is 5.30. The Bertz CT molecular complexity index is 745. The quantitative estimate of drug-likeness (QED) is 0.641. The van der Waals surface area contributed by atoms with E-state index in [0.29, 0.717) is 10.7 Å². The van der Waals surface area contributed by atoms with Crippen LogP contribution in [0.5, 0.6) is 0 Å². The maximum absolute atomic E-state index is 11.9. The molecule has 1 amide bonds. The molecule has 0 aliphatic rings. The van der Waals surface area contributed by atoms with Crippen molar-refractivity contribution in [3.8, 4) is 0 Å². The number of carbonyl (C=O) groups excluding carboxylic acids is 2. The van der Waals surface area contributed by atoms with Gasteiger partial charge in [-0.3, -0.25) is 4.79 Å². The lowest BCUT2D eigenvalue weighted by Crippen LogP contribution is -2.21. The maximum Gasteiger partial charge on any atom is 0.338 e. The highest BCUT2D eigenvalue weighted by Gasteiger charge is 2.12. The van der Waals surface area contributed by atoms with Gasteiger partial charge < -0.3 is 20.7 Å². The van der Waals surface area contributed by atoms with Crippen molar-refractivity contribution in [2.75, 3.05) is 36.7 Å². The zero-order valence-electron chi connectivity index (χ0n) is 13.4. The first kappa shape index (κ1) is 17.6. The van der Waals surface area contributed by atoms with Gasteiger partial charge in [0.15, 0.2) is 6.61 Å². The van der Waals surface area contributed by atoms with Crippen LogP contribution in [0.4, 0.5) is 17.1 Å². The normalized spacial score (nSPS) is 10.1. The van der Waals surface area contributed by atoms with E-state index < -0.39 is 18.5 Å². The Labute approximate surface area is 145 Å². The first-order valence-corrected chi connectivity index (χ1v) is 7.54. The summed E-state index contributed by atoms with van der Waals surface area (Å²) in [4.78, 5) is 25.7. The molecule has 2 aromatic carbocycles. The summed E-state index contributed by atoms with van der Waals surface area (Å²) in [7, 11) is 3.85. The number of rotatable bonds is 5. The molecule has 24 heavy (non-hydrogen) atoms. The molecule has 0 atom stereocenters. The number of hydrogen-bond acceptors (Lipinski definition) is 5. The molecule has 0 heterocycles. The zero-order valence-corrected chi connectivity index (χ0v) is 14.1. The number of anilines is 3. The lowest BCUT2D eigenvalue weighted by molar-refractivity contribution is -0.119. The van der Waals surface area contributed by atoms with E-state index in [4.69, 9.17) is 22.1 Å². The number of carbonyl (C=O) groups is 2. The molecule has 7 heteroatoms. The van der Waals surface area contributed by atoms with Gasteiger partial charge in [0.2, 0.25) is 0 Å². The largest absolute Gasteiger partial charge is 0.452 e. The van der Waals surface area contributed by atoms with Crippen molar-refractivity contribution in [2.24, 2.45) is 0 Å². The Hall–Kier alpha value is -2.73. The van der Waals surface area contributed by atoms with Crippen molar-refractivity contribution >= 4 is 40.5 Å². The number of benzene rings is 2. The number of amides is 1. The fourth-order valence-electron chi connectivity index (χ4n) is 1.93. The Morgan fingerprint density at radius 1 is 1.17 bits per heavy atom. The topological polar surface area (TPSA) is 84.7 Å². The summed E-state index contributed by atoms with van der Waals surface area (Å²) >= 11 is 5.79. The number of hydrogen-bond donors (Lipinski definition) is 2. The van der Waals surface area contributed by atoms with Crippen LogP contribution in [0.2, 0.25) is 5.02 Å². The second kappa shape index (κ2) is 7.70. The van der Waals surface area contributed by atoms with Gasteiger partial charge in [0.1, 0.15) is 0 Å². The summed E-state index contributed by atoms with van der Waals surface area (Å²) in [5, 5.41) is 3.01. The molecular weight excluding hydrogens is 330 g/mol. The van der Waals surface area contributed by atoms with Crippen LogP contribution in [-0.2, 0) is 9.53 Å². The highest BCUT2D eigenvalue weighted by Crippen LogP contribution is 2.20. The Morgan fingerprint density at radius 3 is 2.42 bits per heavy atom. The number of ether oxygens (including phenoxy) is 1. The van der Waals surface area contributed by atoms with Crippen LogP contribution in [-0.4, -0.2) is 32.6 Å². The van der Waals surface area contributed by atoms with Crippen molar-refractivity contribution in [1.29, 1.82) is 0 Å². The van der Waals surface area contributed by atoms with Gasteiger partial charge in [-0.2, -0.15) is 0 Å². The minimum atomic E-state index is -0.642. The average molecular weight is 348 g/mol. The highest BCUT2D eigenvalue weighted by molar-refractivity contribution is 6.33. The first-order valence-electron chi connectivity index (χ1n) is 7.16. The van der Waals surface area contributed by atoms with Crippen LogP contribution < -0.4 is 16.0 Å². The van der Waals surface area contributed by atoms with E-state index >= 15 is 0 Å². The number of halogens is 1. The third kappa shape index (κ3) is 4.63. The molecular formula is C17H18ClN3O3. The van der Waals surface area contributed by atoms with Crippen LogP contribution in [0.15, 0.2) is 42.5 Å². The minimum absolute atomic E-state index is 0.236. The van der Waals surface area contributed by atoms with Crippen LogP contribution in [0.25, 0.3) is 0 Å². The average Bonchev–Trinajstić information content (AvgIpc) is 2.55. The SMILES string of the molecule is CN(C)c1ccc(NC(=O)COC(=O)c2ccc(Cl)c(N)c2)cc1. The van der Waals surface area contributed by atoms with E-state index in [1.165, 1.54) is 18.2 Å². The van der Waals surface area contributed by atoms with Gasteiger partial charge in [-0.25, -0.2) is 4.79 Å². The van der Waals surface area contributed by atoms with E-state index in [1.807, 2.05) is 31.1 Å². The molecule has 0 radical (unpaired) electrons. The summed E-state index contributed by atoms with van der Waals surface area (Å²) < 4.78 is 4.96. The summed E-state index contributed by atoms with van der Waals surface area (Å²) in [6, 6.07) is 11.7. The maximum atomic E-state index is 11.9. The predicted molar refractivity (Wildman–Crippen MR) is 95.5 cm³/mol. The molecule has 2 rings (SSSR count). The van der Waals surface area contributed by atoms with Gasteiger partial charge >= 0.3 is 5.97 Å². The molecule has 0 aromatic heterocycles. The minimum Gasteiger partial charge on any atom is -0.452 e. The lowest BCUT2D eigenvalue weighted by atomic mass is 10.2. The van der Waals surface area contributed by atoms with Crippen LogP contribution in [0.1, 0.15) is 10.4 Å². The monoisotopic (exact) mass is 347 g/mol. The summed E-state index contributed by atoms with van der Waals surface area (Å²) in [5.74, 6) is -1.07. The van der Waals surface area contributed by atoms with Crippen LogP contribution >= 0.6 is 11.6 Å². The predicted octanol–water partition coefficient (Wildman–Crippen LogP) is 2.78. The van der Waals surface area contributed by atoms with Crippen molar-refractivity contribution in [2.45, 2.75) is 0 Å². The van der Waals surface area contributed by atoms with Crippen LogP contribution in [0.3, 0.4) is 0 Å². The molecule has 0 fully saturated rings. The molecule has 0 saturated carbocycles. The van der Waals surface area contributed by atoms with E-state index in [-0.39, 0.29) is 11.3 Å². The molecule has 0 aliphatic heterocycles. The Kier molecular flexibility index (Phi) is 5.65. The lowest BCUT2D eigenvalue weighted by Gasteiger charge is -2.13. The summed E-state index contributed by atoms with van der Waals surface area (Å²) in [6.07, 6.45) is 0. The molecule has 0 bridgehead atoms. The number of nitrogens with zero attached hydrogens (tertiary/aromatic N) is 1. The molecule has 6 nitrogen and oxygen atoms in total. The van der Waals surface area contributed by atoms with E-state index in [2.05, 4.69) is 5.32 Å². The molecule has 2 aromatic rings. The molecule has 0 unspecified atom stereocenters. The van der Waals surface area contributed by atoms with Crippen molar-refractivity contribution < 1.29 is 14.3 Å². The van der Waals surface area contributed by atoms with Gasteiger partial charge in [0.25, 0.3) is 5.91 Å². The van der Waals surface area contributed by atoms with Gasteiger partial charge in [-0.05, 0) is 42.5 Å².